The van der Waals surface area contributed by atoms with Crippen molar-refractivity contribution in [2.45, 2.75) is 13.0 Å². The topological polar surface area (TPSA) is 50.7 Å². The number of aliphatic hydroxyl groups is 1. The Hall–Kier alpha value is -1.26. The first kappa shape index (κ1) is 12.8. The number of hydrogen-bond acceptors (Lipinski definition) is 4. The lowest BCUT2D eigenvalue weighted by Gasteiger charge is -2.19. The first-order valence-electron chi connectivity index (χ1n) is 5.19. The number of benzene rings is 1. The van der Waals surface area contributed by atoms with Crippen molar-refractivity contribution in [2.75, 3.05) is 27.8 Å². The van der Waals surface area contributed by atoms with Gasteiger partial charge < -0.3 is 19.9 Å². The Balaban J connectivity index is 3.24. The average molecular weight is 225 g/mol. The normalized spacial score (nSPS) is 12.3. The van der Waals surface area contributed by atoms with Crippen LogP contribution in [0.15, 0.2) is 12.1 Å². The third kappa shape index (κ3) is 2.46. The summed E-state index contributed by atoms with van der Waals surface area (Å²) < 4.78 is 10.6. The zero-order valence-electron chi connectivity index (χ0n) is 10.2. The average Bonchev–Trinajstić information content (AvgIpc) is 2.28. The van der Waals surface area contributed by atoms with E-state index in [-0.39, 0.29) is 0 Å². The van der Waals surface area contributed by atoms with Crippen LogP contribution in [0.3, 0.4) is 0 Å². The second kappa shape index (κ2) is 5.72. The van der Waals surface area contributed by atoms with Gasteiger partial charge in [0, 0.05) is 6.54 Å². The van der Waals surface area contributed by atoms with Gasteiger partial charge in [0.15, 0.2) is 0 Å². The zero-order valence-corrected chi connectivity index (χ0v) is 10.2. The van der Waals surface area contributed by atoms with Crippen molar-refractivity contribution in [1.29, 1.82) is 0 Å². The highest BCUT2D eigenvalue weighted by molar-refractivity contribution is 5.51. The summed E-state index contributed by atoms with van der Waals surface area (Å²) in [6.07, 6.45) is -0.644. The molecule has 4 nitrogen and oxygen atoms in total. The van der Waals surface area contributed by atoms with Gasteiger partial charge in [0.25, 0.3) is 0 Å². The van der Waals surface area contributed by atoms with E-state index in [0.29, 0.717) is 23.6 Å². The van der Waals surface area contributed by atoms with Crippen LogP contribution < -0.4 is 14.8 Å². The van der Waals surface area contributed by atoms with Gasteiger partial charge in [0.1, 0.15) is 11.5 Å². The highest BCUT2D eigenvalue weighted by atomic mass is 16.5. The minimum absolute atomic E-state index is 0.455. The minimum atomic E-state index is -0.644. The molecule has 1 aromatic rings. The van der Waals surface area contributed by atoms with Crippen molar-refractivity contribution in [3.8, 4) is 11.5 Å². The maximum atomic E-state index is 10.0. The number of ether oxygens (including phenoxy) is 2. The summed E-state index contributed by atoms with van der Waals surface area (Å²) in [5.74, 6) is 1.33. The van der Waals surface area contributed by atoms with Crippen LogP contribution in [0.5, 0.6) is 11.5 Å². The molecule has 2 N–H and O–H groups in total. The van der Waals surface area contributed by atoms with Crippen LogP contribution in [0, 0.1) is 6.92 Å². The molecule has 0 saturated carbocycles. The van der Waals surface area contributed by atoms with E-state index in [1.54, 1.807) is 21.3 Å². The smallest absolute Gasteiger partial charge is 0.131 e. The van der Waals surface area contributed by atoms with E-state index >= 15 is 0 Å². The molecule has 1 rings (SSSR count). The second-order valence-corrected chi connectivity index (χ2v) is 3.61. The number of methoxy groups -OCH3 is 2. The van der Waals surface area contributed by atoms with E-state index in [1.165, 1.54) is 0 Å². The lowest BCUT2D eigenvalue weighted by Crippen LogP contribution is -2.18. The lowest BCUT2D eigenvalue weighted by atomic mass is 10.0. The van der Waals surface area contributed by atoms with Crippen LogP contribution in [0.1, 0.15) is 17.2 Å². The summed E-state index contributed by atoms with van der Waals surface area (Å²) >= 11 is 0. The van der Waals surface area contributed by atoms with Crippen LogP contribution in [0.25, 0.3) is 0 Å². The molecule has 0 radical (unpaired) electrons. The molecule has 1 atom stereocenters. The molecule has 0 saturated heterocycles. The van der Waals surface area contributed by atoms with Crippen LogP contribution in [-0.2, 0) is 0 Å². The Labute approximate surface area is 96.2 Å². The van der Waals surface area contributed by atoms with E-state index in [0.717, 1.165) is 5.56 Å². The quantitative estimate of drug-likeness (QED) is 0.792. The standard InChI is InChI=1S/C12H19NO3/c1-8-5-6-10(15-3)11(12(8)16-4)9(14)7-13-2/h5-6,9,13-14H,7H2,1-4H3. The number of hydrogen-bond donors (Lipinski definition) is 2. The van der Waals surface area contributed by atoms with Gasteiger partial charge in [0.2, 0.25) is 0 Å². The molecule has 0 heterocycles. The molecule has 0 aliphatic heterocycles. The van der Waals surface area contributed by atoms with Crippen molar-refractivity contribution < 1.29 is 14.6 Å². The summed E-state index contributed by atoms with van der Waals surface area (Å²) in [6, 6.07) is 3.75. The molecule has 1 aromatic carbocycles. The third-order valence-electron chi connectivity index (χ3n) is 2.51. The third-order valence-corrected chi connectivity index (χ3v) is 2.51. The molecule has 4 heteroatoms. The summed E-state index contributed by atoms with van der Waals surface area (Å²) in [6.45, 7) is 2.39. The molecule has 0 aliphatic carbocycles. The predicted molar refractivity (Wildman–Crippen MR) is 63.2 cm³/mol. The first-order valence-corrected chi connectivity index (χ1v) is 5.19. The Morgan fingerprint density at radius 3 is 2.50 bits per heavy atom. The molecule has 0 bridgehead atoms. The lowest BCUT2D eigenvalue weighted by molar-refractivity contribution is 0.168. The Kier molecular flexibility index (Phi) is 4.58. The van der Waals surface area contributed by atoms with Crippen LogP contribution in [0.4, 0.5) is 0 Å². The molecule has 90 valence electrons. The van der Waals surface area contributed by atoms with Gasteiger partial charge in [-0.3, -0.25) is 0 Å². The minimum Gasteiger partial charge on any atom is -0.496 e. The van der Waals surface area contributed by atoms with Crippen molar-refractivity contribution in [3.63, 3.8) is 0 Å². The van der Waals surface area contributed by atoms with Crippen molar-refractivity contribution >= 4 is 0 Å². The van der Waals surface area contributed by atoms with Gasteiger partial charge in [-0.15, -0.1) is 0 Å². The summed E-state index contributed by atoms with van der Waals surface area (Å²) in [5.41, 5.74) is 1.67. The fourth-order valence-corrected chi connectivity index (χ4v) is 1.75. The van der Waals surface area contributed by atoms with Gasteiger partial charge in [-0.1, -0.05) is 6.07 Å². The van der Waals surface area contributed by atoms with Gasteiger partial charge in [-0.2, -0.15) is 0 Å². The van der Waals surface area contributed by atoms with E-state index in [9.17, 15) is 5.11 Å². The van der Waals surface area contributed by atoms with Crippen molar-refractivity contribution in [1.82, 2.24) is 5.32 Å². The molecule has 0 amide bonds. The zero-order chi connectivity index (χ0) is 12.1. The number of nitrogens with one attached hydrogen (secondary N) is 1. The van der Waals surface area contributed by atoms with E-state index in [4.69, 9.17) is 9.47 Å². The van der Waals surface area contributed by atoms with Crippen LogP contribution >= 0.6 is 0 Å². The molecule has 0 aliphatic rings. The highest BCUT2D eigenvalue weighted by Crippen LogP contribution is 2.36. The molecule has 1 unspecified atom stereocenters. The van der Waals surface area contributed by atoms with Gasteiger partial charge in [-0.05, 0) is 25.6 Å². The highest BCUT2D eigenvalue weighted by Gasteiger charge is 2.19. The Morgan fingerprint density at radius 2 is 2.00 bits per heavy atom. The SMILES string of the molecule is CNCC(O)c1c(OC)ccc(C)c1OC. The number of aryl methyl sites for hydroxylation is 1. The van der Waals surface area contributed by atoms with E-state index < -0.39 is 6.10 Å². The molecule has 0 fully saturated rings. The number of likely N-dealkylation sites (N-methyl/N-ethyl adjacent to an activating group) is 1. The predicted octanol–water partition coefficient (Wildman–Crippen LogP) is 1.27. The van der Waals surface area contributed by atoms with Crippen molar-refractivity contribution in [3.05, 3.63) is 23.3 Å². The van der Waals surface area contributed by atoms with Gasteiger partial charge >= 0.3 is 0 Å². The van der Waals surface area contributed by atoms with Crippen molar-refractivity contribution in [2.24, 2.45) is 0 Å². The molecular weight excluding hydrogens is 206 g/mol. The summed E-state index contributed by atoms with van der Waals surface area (Å²) in [4.78, 5) is 0. The summed E-state index contributed by atoms with van der Waals surface area (Å²) in [5, 5.41) is 13.0. The fourth-order valence-electron chi connectivity index (χ4n) is 1.75. The monoisotopic (exact) mass is 225 g/mol. The Bertz CT molecular complexity index is 352. The Morgan fingerprint density at radius 1 is 1.31 bits per heavy atom. The molecule has 0 aromatic heterocycles. The van der Waals surface area contributed by atoms with Crippen LogP contribution in [0.2, 0.25) is 0 Å². The number of aliphatic hydroxyl groups excluding tert-OH is 1. The largest absolute Gasteiger partial charge is 0.496 e. The second-order valence-electron chi connectivity index (χ2n) is 3.61. The fraction of sp³-hybridized carbons (Fsp3) is 0.500. The van der Waals surface area contributed by atoms with Crippen LogP contribution in [-0.4, -0.2) is 32.9 Å². The molecule has 0 spiro atoms. The maximum Gasteiger partial charge on any atom is 0.131 e. The van der Waals surface area contributed by atoms with Gasteiger partial charge in [-0.25, -0.2) is 0 Å². The van der Waals surface area contributed by atoms with E-state index in [2.05, 4.69) is 5.32 Å². The molecule has 16 heavy (non-hydrogen) atoms. The first-order chi connectivity index (χ1) is 7.65. The number of rotatable bonds is 5. The summed E-state index contributed by atoms with van der Waals surface area (Å²) in [7, 11) is 4.97. The maximum absolute atomic E-state index is 10.0. The molecular formula is C12H19NO3. The van der Waals surface area contributed by atoms with Gasteiger partial charge in [0.05, 0.1) is 25.9 Å². The van der Waals surface area contributed by atoms with E-state index in [1.807, 2.05) is 19.1 Å².